The lowest BCUT2D eigenvalue weighted by Crippen LogP contribution is -2.12. The molecule has 5 nitrogen and oxygen atoms in total. The van der Waals surface area contributed by atoms with Crippen molar-refractivity contribution < 1.29 is 18.7 Å². The topological polar surface area (TPSA) is 65.7 Å². The average molecular weight is 284 g/mol. The van der Waals surface area contributed by atoms with E-state index < -0.39 is 11.6 Å². The van der Waals surface area contributed by atoms with Crippen LogP contribution in [0.15, 0.2) is 51.7 Å². The Morgan fingerprint density at radius 2 is 1.86 bits per heavy atom. The van der Waals surface area contributed by atoms with Gasteiger partial charge in [-0.2, -0.15) is 0 Å². The Morgan fingerprint density at radius 1 is 1.10 bits per heavy atom. The van der Waals surface area contributed by atoms with E-state index in [0.29, 0.717) is 16.7 Å². The van der Waals surface area contributed by atoms with Gasteiger partial charge in [-0.05, 0) is 23.6 Å². The molecular weight excluding hydrogens is 272 g/mol. The van der Waals surface area contributed by atoms with Gasteiger partial charge >= 0.3 is 11.6 Å². The molecule has 3 rings (SSSR count). The van der Waals surface area contributed by atoms with Crippen molar-refractivity contribution in [2.24, 2.45) is 0 Å². The summed E-state index contributed by atoms with van der Waals surface area (Å²) in [4.78, 5) is 23.0. The van der Waals surface area contributed by atoms with Gasteiger partial charge in [0.25, 0.3) is 0 Å². The normalized spacial score (nSPS) is 10.7. The molecule has 0 amide bonds. The number of carbonyl (C=O) groups excluding carboxylic acids is 1. The van der Waals surface area contributed by atoms with Crippen LogP contribution in [0.4, 0.5) is 0 Å². The van der Waals surface area contributed by atoms with Gasteiger partial charge in [0.2, 0.25) is 0 Å². The number of hydrogen-bond donors (Lipinski definition) is 0. The Balaban J connectivity index is 2.08. The van der Waals surface area contributed by atoms with Gasteiger partial charge in [0.05, 0.1) is 12.5 Å². The van der Waals surface area contributed by atoms with Crippen LogP contribution in [0.3, 0.4) is 0 Å². The van der Waals surface area contributed by atoms with Gasteiger partial charge in [0.1, 0.15) is 11.3 Å². The van der Waals surface area contributed by atoms with E-state index in [9.17, 15) is 9.59 Å². The SMILES string of the molecule is COC(=O)COc1ccc2c(c1)oc(=O)c1ccccc12. The summed E-state index contributed by atoms with van der Waals surface area (Å²) in [6.07, 6.45) is 0. The Morgan fingerprint density at radius 3 is 2.62 bits per heavy atom. The number of ether oxygens (including phenoxy) is 2. The summed E-state index contributed by atoms with van der Waals surface area (Å²) in [5.74, 6) is -0.0404. The maximum atomic E-state index is 11.9. The quantitative estimate of drug-likeness (QED) is 0.420. The Kier molecular flexibility index (Phi) is 3.31. The zero-order valence-corrected chi connectivity index (χ0v) is 11.3. The molecule has 1 heterocycles. The molecule has 0 aliphatic carbocycles. The zero-order chi connectivity index (χ0) is 14.8. The number of esters is 1. The van der Waals surface area contributed by atoms with Gasteiger partial charge in [-0.1, -0.05) is 18.2 Å². The highest BCUT2D eigenvalue weighted by atomic mass is 16.6. The maximum absolute atomic E-state index is 11.9. The van der Waals surface area contributed by atoms with E-state index in [0.717, 1.165) is 10.8 Å². The van der Waals surface area contributed by atoms with Crippen LogP contribution in [0, 0.1) is 0 Å². The smallest absolute Gasteiger partial charge is 0.344 e. The fraction of sp³-hybridized carbons (Fsp3) is 0.125. The molecule has 5 heteroatoms. The van der Waals surface area contributed by atoms with Crippen molar-refractivity contribution in [3.63, 3.8) is 0 Å². The molecule has 0 saturated carbocycles. The van der Waals surface area contributed by atoms with Crippen LogP contribution in [0.5, 0.6) is 5.75 Å². The largest absolute Gasteiger partial charge is 0.482 e. The summed E-state index contributed by atoms with van der Waals surface area (Å²) in [5.41, 5.74) is 0.0179. The fourth-order valence-electron chi connectivity index (χ4n) is 2.15. The van der Waals surface area contributed by atoms with Crippen molar-refractivity contribution >= 4 is 27.7 Å². The molecule has 21 heavy (non-hydrogen) atoms. The van der Waals surface area contributed by atoms with Crippen LogP contribution < -0.4 is 10.4 Å². The molecule has 3 aromatic rings. The molecule has 106 valence electrons. The third-order valence-corrected chi connectivity index (χ3v) is 3.18. The fourth-order valence-corrected chi connectivity index (χ4v) is 2.15. The van der Waals surface area contributed by atoms with Gasteiger partial charge < -0.3 is 13.9 Å². The highest BCUT2D eigenvalue weighted by Gasteiger charge is 2.08. The van der Waals surface area contributed by atoms with Crippen LogP contribution >= 0.6 is 0 Å². The molecule has 0 radical (unpaired) electrons. The lowest BCUT2D eigenvalue weighted by Gasteiger charge is -2.06. The first-order chi connectivity index (χ1) is 10.2. The molecular formula is C16H12O5. The second-order valence-corrected chi connectivity index (χ2v) is 4.46. The molecule has 0 fully saturated rings. The number of benzene rings is 2. The van der Waals surface area contributed by atoms with Crippen molar-refractivity contribution in [1.82, 2.24) is 0 Å². The first kappa shape index (κ1) is 13.2. The standard InChI is InChI=1S/C16H12O5/c1-19-15(17)9-20-10-6-7-12-11-4-2-3-5-13(11)16(18)21-14(12)8-10/h2-8H,9H2,1H3. The van der Waals surface area contributed by atoms with Gasteiger partial charge in [0, 0.05) is 11.5 Å². The summed E-state index contributed by atoms with van der Waals surface area (Å²) in [7, 11) is 1.29. The second-order valence-electron chi connectivity index (χ2n) is 4.46. The van der Waals surface area contributed by atoms with Crippen molar-refractivity contribution in [1.29, 1.82) is 0 Å². The van der Waals surface area contributed by atoms with E-state index in [2.05, 4.69) is 4.74 Å². The molecule has 0 unspecified atom stereocenters. The number of fused-ring (bicyclic) bond motifs is 3. The van der Waals surface area contributed by atoms with Crippen molar-refractivity contribution in [3.8, 4) is 5.75 Å². The van der Waals surface area contributed by atoms with E-state index in [4.69, 9.17) is 9.15 Å². The molecule has 1 aromatic heterocycles. The Bertz CT molecular complexity index is 879. The second kappa shape index (κ2) is 5.28. The summed E-state index contributed by atoms with van der Waals surface area (Å²) >= 11 is 0. The maximum Gasteiger partial charge on any atom is 0.344 e. The lowest BCUT2D eigenvalue weighted by atomic mass is 10.1. The average Bonchev–Trinajstić information content (AvgIpc) is 2.52. The number of methoxy groups -OCH3 is 1. The van der Waals surface area contributed by atoms with Crippen LogP contribution in [-0.2, 0) is 9.53 Å². The van der Waals surface area contributed by atoms with Crippen molar-refractivity contribution in [2.45, 2.75) is 0 Å². The Labute approximate surface area is 119 Å². The van der Waals surface area contributed by atoms with Crippen molar-refractivity contribution in [3.05, 3.63) is 52.9 Å². The molecule has 0 bridgehead atoms. The minimum atomic E-state index is -0.477. The highest BCUT2D eigenvalue weighted by molar-refractivity contribution is 6.04. The van der Waals surface area contributed by atoms with Gasteiger partial charge in [-0.15, -0.1) is 0 Å². The third-order valence-electron chi connectivity index (χ3n) is 3.18. The number of hydrogen-bond acceptors (Lipinski definition) is 5. The van der Waals surface area contributed by atoms with Crippen LogP contribution in [0.2, 0.25) is 0 Å². The molecule has 0 N–H and O–H groups in total. The van der Waals surface area contributed by atoms with E-state index >= 15 is 0 Å². The lowest BCUT2D eigenvalue weighted by molar-refractivity contribution is -0.142. The summed E-state index contributed by atoms with van der Waals surface area (Å²) in [5, 5.41) is 2.17. The predicted octanol–water partition coefficient (Wildman–Crippen LogP) is 2.50. The molecule has 0 aliphatic rings. The summed E-state index contributed by atoms with van der Waals surface area (Å²) in [6, 6.07) is 12.4. The van der Waals surface area contributed by atoms with E-state index in [-0.39, 0.29) is 6.61 Å². The summed E-state index contributed by atoms with van der Waals surface area (Å²) in [6.45, 7) is -0.195. The Hall–Kier alpha value is -2.82. The highest BCUT2D eigenvalue weighted by Crippen LogP contribution is 2.26. The first-order valence-electron chi connectivity index (χ1n) is 6.34. The van der Waals surface area contributed by atoms with E-state index in [1.54, 1.807) is 30.3 Å². The first-order valence-corrected chi connectivity index (χ1v) is 6.34. The minimum absolute atomic E-state index is 0.195. The van der Waals surface area contributed by atoms with Crippen LogP contribution in [0.1, 0.15) is 0 Å². The van der Waals surface area contributed by atoms with Crippen molar-refractivity contribution in [2.75, 3.05) is 13.7 Å². The minimum Gasteiger partial charge on any atom is -0.482 e. The monoisotopic (exact) mass is 284 g/mol. The third kappa shape index (κ3) is 2.45. The van der Waals surface area contributed by atoms with Gasteiger partial charge in [-0.25, -0.2) is 9.59 Å². The van der Waals surface area contributed by atoms with Gasteiger partial charge in [-0.3, -0.25) is 0 Å². The zero-order valence-electron chi connectivity index (χ0n) is 11.3. The van der Waals surface area contributed by atoms with Crippen LogP contribution in [0.25, 0.3) is 21.7 Å². The molecule has 0 aliphatic heterocycles. The van der Waals surface area contributed by atoms with Gasteiger partial charge in [0.15, 0.2) is 6.61 Å². The molecule has 0 atom stereocenters. The van der Waals surface area contributed by atoms with E-state index in [1.807, 2.05) is 12.1 Å². The number of rotatable bonds is 3. The predicted molar refractivity (Wildman–Crippen MR) is 77.5 cm³/mol. The molecule has 0 saturated heterocycles. The van der Waals surface area contributed by atoms with Crippen LogP contribution in [-0.4, -0.2) is 19.7 Å². The number of carbonyl (C=O) groups is 1. The molecule has 2 aromatic carbocycles. The summed E-state index contributed by atoms with van der Waals surface area (Å²) < 4.78 is 15.1. The van der Waals surface area contributed by atoms with E-state index in [1.165, 1.54) is 7.11 Å². The molecule has 0 spiro atoms.